The molecule has 0 saturated heterocycles. The maximum Gasteiger partial charge on any atom is 0.407 e. The van der Waals surface area contributed by atoms with Crippen LogP contribution in [0.25, 0.3) is 0 Å². The quantitative estimate of drug-likeness (QED) is 0.387. The smallest absolute Gasteiger partial charge is 0.407 e. The molecule has 1 rings (SSSR count). The number of phenolic OH excluding ortho intramolecular Hbond substituents is 1. The molecule has 0 spiro atoms. The monoisotopic (exact) mass is 306 g/mol. The molecule has 0 aromatic heterocycles. The Balaban J connectivity index is 2.55. The molecule has 1 aromatic carbocycles. The van der Waals surface area contributed by atoms with Crippen LogP contribution in [0.3, 0.4) is 0 Å². The number of ether oxygens (including phenoxy) is 1. The third kappa shape index (κ3) is 6.13. The third-order valence-electron chi connectivity index (χ3n) is 2.32. The maximum absolute atomic E-state index is 11.4. The van der Waals surface area contributed by atoms with Crippen molar-refractivity contribution in [3.05, 3.63) is 33.9 Å². The summed E-state index contributed by atoms with van der Waals surface area (Å²) in [5.74, 6) is 5.19. The van der Waals surface area contributed by atoms with Crippen molar-refractivity contribution in [2.75, 3.05) is 6.54 Å². The number of alkyl carbamates (subject to hydrolysis) is 1. The van der Waals surface area contributed by atoms with Crippen LogP contribution in [0.15, 0.2) is 18.2 Å². The lowest BCUT2D eigenvalue weighted by Crippen LogP contribution is -2.32. The van der Waals surface area contributed by atoms with Gasteiger partial charge in [-0.15, -0.1) is 0 Å². The van der Waals surface area contributed by atoms with Gasteiger partial charge in [0.1, 0.15) is 16.9 Å². The molecule has 0 aliphatic carbocycles. The first-order valence-corrected chi connectivity index (χ1v) is 6.62. The van der Waals surface area contributed by atoms with Gasteiger partial charge in [-0.2, -0.15) is 0 Å². The fourth-order valence-corrected chi connectivity index (χ4v) is 1.48. The second kappa shape index (κ2) is 7.31. The molecule has 0 atom stereocenters. The number of nitro groups is 1. The molecule has 0 bridgehead atoms. The van der Waals surface area contributed by atoms with Gasteiger partial charge in [-0.3, -0.25) is 10.1 Å². The summed E-state index contributed by atoms with van der Waals surface area (Å²) >= 11 is 0. The lowest BCUT2D eigenvalue weighted by molar-refractivity contribution is -0.385. The van der Waals surface area contributed by atoms with E-state index in [1.807, 2.05) is 0 Å². The van der Waals surface area contributed by atoms with Crippen LogP contribution >= 0.6 is 0 Å². The molecule has 0 fully saturated rings. The predicted molar refractivity (Wildman–Crippen MR) is 80.5 cm³/mol. The Hall–Kier alpha value is -2.75. The number of nitro benzene ring substituents is 1. The lowest BCUT2D eigenvalue weighted by atomic mass is 10.1. The summed E-state index contributed by atoms with van der Waals surface area (Å²) in [4.78, 5) is 21.6. The Morgan fingerprint density at radius 3 is 2.73 bits per heavy atom. The van der Waals surface area contributed by atoms with Crippen LogP contribution in [0.2, 0.25) is 0 Å². The molecule has 1 aromatic rings. The van der Waals surface area contributed by atoms with Crippen molar-refractivity contribution in [1.82, 2.24) is 5.32 Å². The Bertz CT molecular complexity index is 623. The summed E-state index contributed by atoms with van der Waals surface area (Å²) in [6, 6.07) is 3.75. The molecular weight excluding hydrogens is 288 g/mol. The van der Waals surface area contributed by atoms with Crippen LogP contribution in [-0.4, -0.2) is 28.3 Å². The van der Waals surface area contributed by atoms with Gasteiger partial charge in [0.15, 0.2) is 0 Å². The molecule has 0 radical (unpaired) electrons. The minimum atomic E-state index is -0.608. The minimum absolute atomic E-state index is 0.191. The number of phenols is 1. The van der Waals surface area contributed by atoms with E-state index < -0.39 is 16.6 Å². The van der Waals surface area contributed by atoms with Gasteiger partial charge in [-0.05, 0) is 32.9 Å². The van der Waals surface area contributed by atoms with E-state index in [1.165, 1.54) is 12.1 Å². The predicted octanol–water partition coefficient (Wildman–Crippen LogP) is 2.57. The first-order valence-electron chi connectivity index (χ1n) is 6.62. The zero-order valence-electron chi connectivity index (χ0n) is 12.7. The highest BCUT2D eigenvalue weighted by atomic mass is 16.6. The first-order chi connectivity index (χ1) is 10.2. The van der Waals surface area contributed by atoms with Crippen molar-refractivity contribution < 1.29 is 19.6 Å². The van der Waals surface area contributed by atoms with E-state index in [2.05, 4.69) is 17.2 Å². The van der Waals surface area contributed by atoms with Crippen LogP contribution < -0.4 is 5.32 Å². The third-order valence-corrected chi connectivity index (χ3v) is 2.32. The van der Waals surface area contributed by atoms with E-state index in [9.17, 15) is 20.0 Å². The highest BCUT2D eigenvalue weighted by molar-refractivity contribution is 5.67. The van der Waals surface area contributed by atoms with Crippen LogP contribution in [0.1, 0.15) is 32.8 Å². The number of aromatic hydroxyl groups is 1. The van der Waals surface area contributed by atoms with E-state index in [0.29, 0.717) is 6.42 Å². The second-order valence-electron chi connectivity index (χ2n) is 5.44. The first kappa shape index (κ1) is 17.3. The van der Waals surface area contributed by atoms with Gasteiger partial charge in [0.2, 0.25) is 0 Å². The van der Waals surface area contributed by atoms with E-state index in [0.717, 1.165) is 6.07 Å². The molecule has 7 nitrogen and oxygen atoms in total. The minimum Gasteiger partial charge on any atom is -0.508 e. The van der Waals surface area contributed by atoms with Gasteiger partial charge in [-0.1, -0.05) is 11.8 Å². The van der Waals surface area contributed by atoms with Gasteiger partial charge in [0.25, 0.3) is 5.69 Å². The van der Waals surface area contributed by atoms with E-state index in [-0.39, 0.29) is 23.5 Å². The molecule has 2 N–H and O–H groups in total. The zero-order chi connectivity index (χ0) is 16.8. The highest BCUT2D eigenvalue weighted by Crippen LogP contribution is 2.22. The zero-order valence-corrected chi connectivity index (χ0v) is 12.7. The standard InChI is InChI=1S/C15H18N2O5/c1-15(2,3)22-14(19)16-9-5-4-6-11-7-8-12(18)10-13(11)17(20)21/h7-8,10,18H,5,9H2,1-3H3,(H,16,19). The number of carbonyl (C=O) groups excluding carboxylic acids is 1. The van der Waals surface area contributed by atoms with E-state index in [1.54, 1.807) is 20.8 Å². The number of amides is 1. The summed E-state index contributed by atoms with van der Waals surface area (Å²) in [5.41, 5.74) is -0.616. The molecule has 0 aliphatic rings. The van der Waals surface area contributed by atoms with Crippen LogP contribution in [0, 0.1) is 22.0 Å². The van der Waals surface area contributed by atoms with Gasteiger partial charge >= 0.3 is 6.09 Å². The average Bonchev–Trinajstić information content (AvgIpc) is 2.37. The number of nitrogens with one attached hydrogen (secondary N) is 1. The van der Waals surface area contributed by atoms with Gasteiger partial charge in [-0.25, -0.2) is 4.79 Å². The number of rotatable bonds is 3. The molecule has 0 unspecified atom stereocenters. The summed E-state index contributed by atoms with van der Waals surface area (Å²) in [5, 5.41) is 22.6. The van der Waals surface area contributed by atoms with Crippen molar-refractivity contribution in [1.29, 1.82) is 0 Å². The summed E-state index contributed by atoms with van der Waals surface area (Å²) < 4.78 is 5.05. The van der Waals surface area contributed by atoms with Gasteiger partial charge in [0, 0.05) is 13.0 Å². The Morgan fingerprint density at radius 1 is 1.45 bits per heavy atom. The molecule has 22 heavy (non-hydrogen) atoms. The second-order valence-corrected chi connectivity index (χ2v) is 5.44. The van der Waals surface area contributed by atoms with Crippen LogP contribution in [0.4, 0.5) is 10.5 Å². The lowest BCUT2D eigenvalue weighted by Gasteiger charge is -2.19. The highest BCUT2D eigenvalue weighted by Gasteiger charge is 2.15. The Labute approximate surface area is 128 Å². The molecule has 0 heterocycles. The molecular formula is C15H18N2O5. The fraction of sp³-hybridized carbons (Fsp3) is 0.400. The molecule has 0 aliphatic heterocycles. The normalized spacial score (nSPS) is 10.3. The molecule has 7 heteroatoms. The van der Waals surface area contributed by atoms with Gasteiger partial charge in [0.05, 0.1) is 11.0 Å². The number of hydrogen-bond donors (Lipinski definition) is 2. The number of nitrogens with zero attached hydrogens (tertiary/aromatic N) is 1. The SMILES string of the molecule is CC(C)(C)OC(=O)NCCC#Cc1ccc(O)cc1[N+](=O)[O-]. The molecule has 0 saturated carbocycles. The van der Waals surface area contributed by atoms with Crippen molar-refractivity contribution in [3.63, 3.8) is 0 Å². The van der Waals surface area contributed by atoms with Crippen molar-refractivity contribution >= 4 is 11.8 Å². The van der Waals surface area contributed by atoms with E-state index >= 15 is 0 Å². The number of benzene rings is 1. The summed E-state index contributed by atoms with van der Waals surface area (Å²) in [7, 11) is 0. The van der Waals surface area contributed by atoms with Crippen LogP contribution in [0.5, 0.6) is 5.75 Å². The number of hydrogen-bond acceptors (Lipinski definition) is 5. The molecule has 118 valence electrons. The van der Waals surface area contributed by atoms with E-state index in [4.69, 9.17) is 4.74 Å². The summed E-state index contributed by atoms with van der Waals surface area (Å²) in [6.45, 7) is 5.55. The van der Waals surface area contributed by atoms with Crippen molar-refractivity contribution in [2.24, 2.45) is 0 Å². The van der Waals surface area contributed by atoms with Crippen molar-refractivity contribution in [2.45, 2.75) is 32.8 Å². The topological polar surface area (TPSA) is 102 Å². The Morgan fingerprint density at radius 2 is 2.14 bits per heavy atom. The molecule has 1 amide bonds. The van der Waals surface area contributed by atoms with Crippen LogP contribution in [-0.2, 0) is 4.74 Å². The van der Waals surface area contributed by atoms with Gasteiger partial charge < -0.3 is 15.2 Å². The van der Waals surface area contributed by atoms with Crippen molar-refractivity contribution in [3.8, 4) is 17.6 Å². The average molecular weight is 306 g/mol. The Kier molecular flexibility index (Phi) is 5.75. The summed E-state index contributed by atoms with van der Waals surface area (Å²) in [6.07, 6.45) is -0.220. The largest absolute Gasteiger partial charge is 0.508 e. The maximum atomic E-state index is 11.4. The fourth-order valence-electron chi connectivity index (χ4n) is 1.48. The number of carbonyl (C=O) groups is 1.